The fourth-order valence-electron chi connectivity index (χ4n) is 6.53. The van der Waals surface area contributed by atoms with Gasteiger partial charge in [-0.15, -0.1) is 0 Å². The largest absolute Gasteiger partial charge is 0.334 e. The predicted octanol–water partition coefficient (Wildman–Crippen LogP) is -0.770. The second-order valence-corrected chi connectivity index (χ2v) is 9.84. The number of rotatable bonds is 5. The quantitative estimate of drug-likeness (QED) is 0.565. The maximum absolute atomic E-state index is 2.53. The molecule has 1 aromatic rings. The van der Waals surface area contributed by atoms with E-state index in [9.17, 15) is 0 Å². The van der Waals surface area contributed by atoms with E-state index in [0.717, 1.165) is 23.8 Å². The van der Waals surface area contributed by atoms with E-state index in [2.05, 4.69) is 42.5 Å². The van der Waals surface area contributed by atoms with Crippen molar-refractivity contribution >= 4 is 0 Å². The van der Waals surface area contributed by atoms with Gasteiger partial charge in [-0.2, -0.15) is 0 Å². The normalized spacial score (nSPS) is 41.1. The number of likely N-dealkylation sites (tertiary alicyclic amines) is 1. The highest BCUT2D eigenvalue weighted by molar-refractivity contribution is 5.13. The molecule has 3 N–H and O–H groups in total. The summed E-state index contributed by atoms with van der Waals surface area (Å²) in [5.41, 5.74) is 1.50. The standard InChI is InChI=1S/C24H35N3/c1-2-4-20(5-3-1)18-26-12-14-27(15-13-26)24-8-10-25(11-9-24)19-23-17-21-6-7-22(23)16-21/h1-7,21-24H,8-19H2/p+3/t21-,22-,23-/m0/s1. The first-order chi connectivity index (χ1) is 13.3. The predicted molar refractivity (Wildman–Crippen MR) is 109 cm³/mol. The van der Waals surface area contributed by atoms with Crippen LogP contribution in [0.3, 0.4) is 0 Å². The Morgan fingerprint density at radius 2 is 1.56 bits per heavy atom. The van der Waals surface area contributed by atoms with Crippen molar-refractivity contribution in [3.05, 3.63) is 48.0 Å². The lowest BCUT2D eigenvalue weighted by Gasteiger charge is -2.38. The second kappa shape index (κ2) is 8.06. The summed E-state index contributed by atoms with van der Waals surface area (Å²) in [4.78, 5) is 5.64. The topological polar surface area (TPSA) is 13.3 Å². The third-order valence-electron chi connectivity index (χ3n) is 8.13. The van der Waals surface area contributed by atoms with E-state index in [-0.39, 0.29) is 0 Å². The van der Waals surface area contributed by atoms with E-state index in [4.69, 9.17) is 0 Å². The van der Waals surface area contributed by atoms with Crippen molar-refractivity contribution in [2.24, 2.45) is 17.8 Å². The van der Waals surface area contributed by atoms with Crippen molar-refractivity contribution in [3.63, 3.8) is 0 Å². The summed E-state index contributed by atoms with van der Waals surface area (Å²) in [6.45, 7) is 11.0. The highest BCUT2D eigenvalue weighted by atomic mass is 15.3. The van der Waals surface area contributed by atoms with Crippen LogP contribution < -0.4 is 14.7 Å². The molecule has 2 bridgehead atoms. The van der Waals surface area contributed by atoms with Crippen molar-refractivity contribution in [1.82, 2.24) is 0 Å². The third kappa shape index (κ3) is 4.16. The molecule has 3 fully saturated rings. The van der Waals surface area contributed by atoms with E-state index >= 15 is 0 Å². The van der Waals surface area contributed by atoms with Crippen molar-refractivity contribution in [3.8, 4) is 0 Å². The van der Waals surface area contributed by atoms with Gasteiger partial charge >= 0.3 is 0 Å². The fourth-order valence-corrected chi connectivity index (χ4v) is 6.53. The van der Waals surface area contributed by atoms with Gasteiger partial charge in [-0.1, -0.05) is 42.5 Å². The van der Waals surface area contributed by atoms with Gasteiger partial charge in [0.05, 0.1) is 25.7 Å². The van der Waals surface area contributed by atoms with Gasteiger partial charge in [0.1, 0.15) is 32.7 Å². The van der Waals surface area contributed by atoms with Gasteiger partial charge in [0.25, 0.3) is 0 Å². The van der Waals surface area contributed by atoms with Crippen molar-refractivity contribution < 1.29 is 14.7 Å². The number of fused-ring (bicyclic) bond motifs is 2. The lowest BCUT2D eigenvalue weighted by atomic mass is 9.92. The Morgan fingerprint density at radius 1 is 0.778 bits per heavy atom. The summed E-state index contributed by atoms with van der Waals surface area (Å²) in [5, 5.41) is 0. The van der Waals surface area contributed by atoms with E-state index in [1.54, 1.807) is 4.90 Å². The smallest absolute Gasteiger partial charge is 0.127 e. The molecular weight excluding hydrogens is 330 g/mol. The molecule has 2 heterocycles. The molecule has 0 spiro atoms. The van der Waals surface area contributed by atoms with Gasteiger partial charge in [-0.05, 0) is 24.7 Å². The van der Waals surface area contributed by atoms with Crippen LogP contribution in [-0.2, 0) is 6.54 Å². The number of hydrogen-bond acceptors (Lipinski definition) is 0. The van der Waals surface area contributed by atoms with Crippen LogP contribution in [0.4, 0.5) is 0 Å². The molecule has 4 aliphatic rings. The molecule has 0 unspecified atom stereocenters. The maximum atomic E-state index is 2.53. The first-order valence-corrected chi connectivity index (χ1v) is 11.6. The number of allylic oxidation sites excluding steroid dienone is 2. The number of piperazine rings is 1. The second-order valence-electron chi connectivity index (χ2n) is 9.84. The zero-order valence-corrected chi connectivity index (χ0v) is 16.8. The van der Waals surface area contributed by atoms with Crippen LogP contribution in [0.25, 0.3) is 0 Å². The maximum Gasteiger partial charge on any atom is 0.127 e. The van der Waals surface area contributed by atoms with Crippen LogP contribution in [0.15, 0.2) is 42.5 Å². The van der Waals surface area contributed by atoms with Gasteiger partial charge in [0.2, 0.25) is 0 Å². The Morgan fingerprint density at radius 3 is 2.22 bits per heavy atom. The molecule has 0 amide bonds. The molecule has 2 aliphatic carbocycles. The highest BCUT2D eigenvalue weighted by Crippen LogP contribution is 2.42. The van der Waals surface area contributed by atoms with Crippen molar-refractivity contribution in [2.45, 2.75) is 38.3 Å². The first kappa shape index (κ1) is 17.9. The number of benzene rings is 1. The summed E-state index contributed by atoms with van der Waals surface area (Å²) < 4.78 is 0. The molecule has 1 saturated carbocycles. The van der Waals surface area contributed by atoms with E-state index in [1.807, 2.05) is 9.80 Å². The number of piperidine rings is 1. The molecule has 2 aliphatic heterocycles. The Bertz CT molecular complexity index is 626. The van der Waals surface area contributed by atoms with Crippen LogP contribution in [0.1, 0.15) is 31.2 Å². The summed E-state index contributed by atoms with van der Waals surface area (Å²) in [7, 11) is 0. The summed E-state index contributed by atoms with van der Waals surface area (Å²) in [5.74, 6) is 2.88. The first-order valence-electron chi connectivity index (χ1n) is 11.6. The van der Waals surface area contributed by atoms with E-state index in [0.29, 0.717) is 0 Å². The molecule has 0 radical (unpaired) electrons. The molecule has 5 rings (SSSR count). The monoisotopic (exact) mass is 368 g/mol. The molecule has 1 aromatic carbocycles. The lowest BCUT2D eigenvalue weighted by Crippen LogP contribution is -3.30. The number of quaternary nitrogens is 3. The molecule has 3 nitrogen and oxygen atoms in total. The van der Waals surface area contributed by atoms with Gasteiger partial charge in [-0.3, -0.25) is 0 Å². The fraction of sp³-hybridized carbons (Fsp3) is 0.667. The lowest BCUT2D eigenvalue weighted by molar-refractivity contribution is -1.04. The number of hydrogen-bond donors (Lipinski definition) is 3. The van der Waals surface area contributed by atoms with Gasteiger partial charge in [0, 0.05) is 24.3 Å². The Balaban J connectivity index is 1.04. The Labute approximate surface area is 165 Å². The SMILES string of the molecule is C1=C[C@H]2C[C@H]1C[C@H]2C[NH+]1CCC([NH+]2CC[NH+](Cc3ccccc3)CC2)CC1. The average molecular weight is 369 g/mol. The van der Waals surface area contributed by atoms with Gasteiger partial charge in [0.15, 0.2) is 0 Å². The van der Waals surface area contributed by atoms with Crippen LogP contribution >= 0.6 is 0 Å². The zero-order valence-electron chi connectivity index (χ0n) is 16.8. The molecule has 2 saturated heterocycles. The van der Waals surface area contributed by atoms with Crippen LogP contribution in [0.5, 0.6) is 0 Å². The van der Waals surface area contributed by atoms with Crippen LogP contribution in [-0.4, -0.2) is 51.9 Å². The minimum absolute atomic E-state index is 0.937. The van der Waals surface area contributed by atoms with Crippen molar-refractivity contribution in [1.29, 1.82) is 0 Å². The van der Waals surface area contributed by atoms with E-state index < -0.39 is 0 Å². The van der Waals surface area contributed by atoms with Crippen molar-refractivity contribution in [2.75, 3.05) is 45.8 Å². The average Bonchev–Trinajstić information content (AvgIpc) is 3.33. The summed E-state index contributed by atoms with van der Waals surface area (Å²) >= 11 is 0. The molecule has 27 heavy (non-hydrogen) atoms. The Hall–Kier alpha value is -1.16. The minimum Gasteiger partial charge on any atom is -0.334 e. The molecule has 3 atom stereocenters. The third-order valence-corrected chi connectivity index (χ3v) is 8.13. The molecule has 0 aromatic heterocycles. The molecule has 3 heteroatoms. The van der Waals surface area contributed by atoms with Gasteiger partial charge < -0.3 is 14.7 Å². The van der Waals surface area contributed by atoms with Crippen LogP contribution in [0.2, 0.25) is 0 Å². The highest BCUT2D eigenvalue weighted by Gasteiger charge is 2.39. The number of nitrogens with one attached hydrogen (secondary N) is 3. The summed E-state index contributed by atoms with van der Waals surface area (Å²) in [6.07, 6.45) is 10.9. The molecule has 146 valence electrons. The zero-order chi connectivity index (χ0) is 18.1. The van der Waals surface area contributed by atoms with Crippen LogP contribution in [0, 0.1) is 17.8 Å². The van der Waals surface area contributed by atoms with Gasteiger partial charge in [-0.25, -0.2) is 0 Å². The molecular formula is C24H38N3+3. The minimum atomic E-state index is 0.937. The Kier molecular flexibility index (Phi) is 5.35. The van der Waals surface area contributed by atoms with E-state index in [1.165, 1.54) is 83.6 Å². The summed E-state index contributed by atoms with van der Waals surface area (Å²) in [6, 6.07) is 12.0.